The van der Waals surface area contributed by atoms with Crippen LogP contribution in [0.1, 0.15) is 11.4 Å². The van der Waals surface area contributed by atoms with E-state index in [-0.39, 0.29) is 0 Å². The Morgan fingerprint density at radius 3 is 3.00 bits per heavy atom. The number of aromatic nitrogens is 3. The van der Waals surface area contributed by atoms with Gasteiger partial charge in [0.05, 0.1) is 11.4 Å². The summed E-state index contributed by atoms with van der Waals surface area (Å²) < 4.78 is 7.29. The van der Waals surface area contributed by atoms with Crippen molar-refractivity contribution in [1.82, 2.24) is 20.1 Å². The highest BCUT2D eigenvalue weighted by molar-refractivity contribution is 5.81. The molecule has 0 atom stereocenters. The molecule has 0 aliphatic rings. The Kier molecular flexibility index (Phi) is 2.83. The van der Waals surface area contributed by atoms with E-state index in [0.717, 1.165) is 34.5 Å². The van der Waals surface area contributed by atoms with Gasteiger partial charge in [-0.1, -0.05) is 6.07 Å². The van der Waals surface area contributed by atoms with Gasteiger partial charge in [0.2, 0.25) is 0 Å². The van der Waals surface area contributed by atoms with Crippen LogP contribution in [0.3, 0.4) is 0 Å². The van der Waals surface area contributed by atoms with Crippen molar-refractivity contribution in [3.8, 4) is 11.1 Å². The molecule has 2 aromatic heterocycles. The van der Waals surface area contributed by atoms with E-state index in [4.69, 9.17) is 4.42 Å². The normalized spacial score (nSPS) is 11.3. The molecule has 3 rings (SSSR count). The monoisotopic (exact) mass is 256 g/mol. The Hall–Kier alpha value is -2.14. The molecule has 0 radical (unpaired) electrons. The van der Waals surface area contributed by atoms with Crippen LogP contribution >= 0.6 is 0 Å². The van der Waals surface area contributed by atoms with Crippen molar-refractivity contribution in [3.05, 3.63) is 36.0 Å². The van der Waals surface area contributed by atoms with E-state index in [1.54, 1.807) is 0 Å². The van der Waals surface area contributed by atoms with Gasteiger partial charge in [-0.15, -0.1) is 0 Å². The summed E-state index contributed by atoms with van der Waals surface area (Å²) in [6.07, 6.45) is 1.47. The third kappa shape index (κ3) is 1.92. The molecule has 1 aromatic carbocycles. The predicted molar refractivity (Wildman–Crippen MR) is 73.7 cm³/mol. The molecule has 0 bridgehead atoms. The average Bonchev–Trinajstić information content (AvgIpc) is 2.94. The number of nitrogens with zero attached hydrogens (tertiary/aromatic N) is 3. The summed E-state index contributed by atoms with van der Waals surface area (Å²) in [7, 11) is 3.90. The number of rotatable bonds is 3. The Balaban J connectivity index is 2.19. The highest BCUT2D eigenvalue weighted by Crippen LogP contribution is 2.29. The predicted octanol–water partition coefficient (Wildman–Crippen LogP) is 2.26. The SMILES string of the molecule is CNCc1c(-c2ccc3ncoc3c2)c(C)nn1C. The highest BCUT2D eigenvalue weighted by Gasteiger charge is 2.15. The molecule has 0 amide bonds. The van der Waals surface area contributed by atoms with Crippen LogP contribution in [-0.2, 0) is 13.6 Å². The first-order valence-electron chi connectivity index (χ1n) is 6.21. The number of hydrogen-bond acceptors (Lipinski definition) is 4. The fraction of sp³-hybridized carbons (Fsp3) is 0.286. The van der Waals surface area contributed by atoms with E-state index >= 15 is 0 Å². The van der Waals surface area contributed by atoms with Crippen molar-refractivity contribution in [2.45, 2.75) is 13.5 Å². The lowest BCUT2D eigenvalue weighted by Crippen LogP contribution is -2.10. The Labute approximate surface area is 111 Å². The smallest absolute Gasteiger partial charge is 0.181 e. The largest absolute Gasteiger partial charge is 0.443 e. The summed E-state index contributed by atoms with van der Waals surface area (Å²) in [6, 6.07) is 6.06. The third-order valence-corrected chi connectivity index (χ3v) is 3.31. The zero-order chi connectivity index (χ0) is 13.4. The number of nitrogens with one attached hydrogen (secondary N) is 1. The molecule has 19 heavy (non-hydrogen) atoms. The summed E-state index contributed by atoms with van der Waals surface area (Å²) >= 11 is 0. The van der Waals surface area contributed by atoms with Crippen molar-refractivity contribution in [2.24, 2.45) is 7.05 Å². The Morgan fingerprint density at radius 1 is 1.37 bits per heavy atom. The van der Waals surface area contributed by atoms with Gasteiger partial charge in [0, 0.05) is 19.2 Å². The molecule has 0 unspecified atom stereocenters. The zero-order valence-electron chi connectivity index (χ0n) is 11.3. The molecular weight excluding hydrogens is 240 g/mol. The van der Waals surface area contributed by atoms with Crippen molar-refractivity contribution >= 4 is 11.1 Å². The summed E-state index contributed by atoms with van der Waals surface area (Å²) in [5.41, 5.74) is 6.14. The number of benzene rings is 1. The molecule has 2 heterocycles. The average molecular weight is 256 g/mol. The summed E-state index contributed by atoms with van der Waals surface area (Å²) in [5, 5.41) is 7.69. The van der Waals surface area contributed by atoms with E-state index in [2.05, 4.69) is 21.5 Å². The van der Waals surface area contributed by atoms with Gasteiger partial charge in [0.25, 0.3) is 0 Å². The third-order valence-electron chi connectivity index (χ3n) is 3.31. The van der Waals surface area contributed by atoms with Crippen LogP contribution in [0.25, 0.3) is 22.2 Å². The van der Waals surface area contributed by atoms with E-state index in [1.165, 1.54) is 12.1 Å². The van der Waals surface area contributed by atoms with Crippen molar-refractivity contribution in [2.75, 3.05) is 7.05 Å². The maximum Gasteiger partial charge on any atom is 0.181 e. The summed E-state index contributed by atoms with van der Waals surface area (Å²) in [4.78, 5) is 4.14. The quantitative estimate of drug-likeness (QED) is 0.781. The number of aryl methyl sites for hydroxylation is 2. The van der Waals surface area contributed by atoms with Crippen LogP contribution in [0.2, 0.25) is 0 Å². The topological polar surface area (TPSA) is 55.9 Å². The van der Waals surface area contributed by atoms with Crippen molar-refractivity contribution < 1.29 is 4.42 Å². The molecule has 1 N–H and O–H groups in total. The van der Waals surface area contributed by atoms with Crippen molar-refractivity contribution in [1.29, 1.82) is 0 Å². The first-order chi connectivity index (χ1) is 9.20. The van der Waals surface area contributed by atoms with Gasteiger partial charge in [0.15, 0.2) is 12.0 Å². The number of fused-ring (bicyclic) bond motifs is 1. The molecule has 0 fully saturated rings. The minimum absolute atomic E-state index is 0.779. The van der Waals surface area contributed by atoms with Gasteiger partial charge in [-0.2, -0.15) is 5.10 Å². The van der Waals surface area contributed by atoms with Gasteiger partial charge < -0.3 is 9.73 Å². The zero-order valence-corrected chi connectivity index (χ0v) is 11.3. The minimum Gasteiger partial charge on any atom is -0.443 e. The lowest BCUT2D eigenvalue weighted by molar-refractivity contribution is 0.602. The van der Waals surface area contributed by atoms with Gasteiger partial charge >= 0.3 is 0 Å². The van der Waals surface area contributed by atoms with Crippen LogP contribution in [-0.4, -0.2) is 21.8 Å². The molecular formula is C14H16N4O. The second-order valence-corrected chi connectivity index (χ2v) is 4.60. The molecule has 3 aromatic rings. The molecule has 5 heteroatoms. The summed E-state index contributed by atoms with van der Waals surface area (Å²) in [5.74, 6) is 0. The molecule has 0 spiro atoms. The van der Waals surface area contributed by atoms with Crippen LogP contribution in [0.4, 0.5) is 0 Å². The van der Waals surface area contributed by atoms with Crippen molar-refractivity contribution in [3.63, 3.8) is 0 Å². The molecule has 98 valence electrons. The fourth-order valence-corrected chi connectivity index (χ4v) is 2.46. The second kappa shape index (κ2) is 4.51. The number of hydrogen-bond donors (Lipinski definition) is 1. The maximum atomic E-state index is 5.37. The fourth-order valence-electron chi connectivity index (χ4n) is 2.46. The standard InChI is InChI=1S/C14H16N4O/c1-9-14(12(7-15-2)18(3)17-9)10-4-5-11-13(6-10)19-8-16-11/h4-6,8,15H,7H2,1-3H3. The second-order valence-electron chi connectivity index (χ2n) is 4.60. The van der Waals surface area contributed by atoms with Gasteiger partial charge in [0.1, 0.15) is 5.52 Å². The molecule has 0 saturated carbocycles. The minimum atomic E-state index is 0.779. The van der Waals surface area contributed by atoms with E-state index in [1.807, 2.05) is 37.8 Å². The van der Waals surface area contributed by atoms with Crippen LogP contribution < -0.4 is 5.32 Å². The van der Waals surface area contributed by atoms with Crippen LogP contribution in [0.15, 0.2) is 29.0 Å². The molecule has 0 saturated heterocycles. The highest BCUT2D eigenvalue weighted by atomic mass is 16.3. The van der Waals surface area contributed by atoms with Gasteiger partial charge in [-0.3, -0.25) is 4.68 Å². The van der Waals surface area contributed by atoms with E-state index in [0.29, 0.717) is 0 Å². The summed E-state index contributed by atoms with van der Waals surface area (Å²) in [6.45, 7) is 2.81. The van der Waals surface area contributed by atoms with Crippen LogP contribution in [0.5, 0.6) is 0 Å². The van der Waals surface area contributed by atoms with Crippen LogP contribution in [0, 0.1) is 6.92 Å². The lowest BCUT2D eigenvalue weighted by atomic mass is 10.0. The molecule has 5 nitrogen and oxygen atoms in total. The van der Waals surface area contributed by atoms with E-state index < -0.39 is 0 Å². The molecule has 0 aliphatic heterocycles. The maximum absolute atomic E-state index is 5.37. The van der Waals surface area contributed by atoms with Gasteiger partial charge in [-0.25, -0.2) is 4.98 Å². The number of oxazole rings is 1. The first-order valence-corrected chi connectivity index (χ1v) is 6.21. The first kappa shape index (κ1) is 11.9. The lowest BCUT2D eigenvalue weighted by Gasteiger charge is -2.06. The Bertz CT molecular complexity index is 726. The van der Waals surface area contributed by atoms with Gasteiger partial charge in [-0.05, 0) is 31.7 Å². The molecule has 0 aliphatic carbocycles. The Morgan fingerprint density at radius 2 is 2.21 bits per heavy atom. The van der Waals surface area contributed by atoms with E-state index in [9.17, 15) is 0 Å².